The van der Waals surface area contributed by atoms with Crippen LogP contribution in [0, 0.1) is 5.82 Å². The fourth-order valence-electron chi connectivity index (χ4n) is 2.46. The van der Waals surface area contributed by atoms with Crippen LogP contribution in [-0.4, -0.2) is 16.4 Å². The summed E-state index contributed by atoms with van der Waals surface area (Å²) < 4.78 is 15.4. The number of benzene rings is 2. The molecule has 6 heteroatoms. The Morgan fingerprint density at radius 2 is 1.71 bits per heavy atom. The third-order valence-corrected chi connectivity index (χ3v) is 3.69. The second-order valence-electron chi connectivity index (χ2n) is 5.30. The van der Waals surface area contributed by atoms with Crippen LogP contribution in [0.5, 0.6) is 0 Å². The molecule has 2 aromatic carbocycles. The van der Waals surface area contributed by atoms with E-state index < -0.39 is 11.7 Å². The molecule has 1 heterocycles. The first-order valence-electron chi connectivity index (χ1n) is 7.53. The maximum Gasteiger partial charge on any atom is 0.272 e. The molecular formula is C18H16FN3O2. The lowest BCUT2D eigenvalue weighted by atomic mass is 10.2. The van der Waals surface area contributed by atoms with Crippen molar-refractivity contribution in [2.24, 2.45) is 0 Å². The summed E-state index contributed by atoms with van der Waals surface area (Å²) in [7, 11) is 0. The fraction of sp³-hybridized carbons (Fsp3) is 0.111. The van der Waals surface area contributed by atoms with Gasteiger partial charge >= 0.3 is 0 Å². The van der Waals surface area contributed by atoms with Gasteiger partial charge in [-0.3, -0.25) is 20.4 Å². The molecule has 0 aliphatic carbocycles. The van der Waals surface area contributed by atoms with E-state index in [-0.39, 0.29) is 17.9 Å². The van der Waals surface area contributed by atoms with Crippen molar-refractivity contribution in [1.29, 1.82) is 0 Å². The summed E-state index contributed by atoms with van der Waals surface area (Å²) in [5, 5.41) is 1.10. The summed E-state index contributed by atoms with van der Waals surface area (Å²) in [5.41, 5.74) is 5.45. The van der Waals surface area contributed by atoms with E-state index in [2.05, 4.69) is 10.9 Å². The molecule has 2 amide bonds. The van der Waals surface area contributed by atoms with Crippen molar-refractivity contribution in [3.05, 3.63) is 72.2 Å². The Bertz CT molecular complexity index is 889. The zero-order valence-electron chi connectivity index (χ0n) is 12.8. The number of rotatable bonds is 4. The van der Waals surface area contributed by atoms with E-state index in [1.165, 1.54) is 18.2 Å². The number of aromatic nitrogens is 1. The predicted octanol–water partition coefficient (Wildman–Crippen LogP) is 2.63. The monoisotopic (exact) mass is 325 g/mol. The highest BCUT2D eigenvalue weighted by Gasteiger charge is 2.11. The molecule has 0 fully saturated rings. The molecule has 0 aliphatic rings. The second-order valence-corrected chi connectivity index (χ2v) is 5.30. The minimum atomic E-state index is -0.687. The first kappa shape index (κ1) is 15.7. The number of aryl methyl sites for hydroxylation is 1. The Hall–Kier alpha value is -3.15. The van der Waals surface area contributed by atoms with E-state index in [9.17, 15) is 14.0 Å². The second kappa shape index (κ2) is 6.95. The van der Waals surface area contributed by atoms with Gasteiger partial charge in [-0.25, -0.2) is 4.39 Å². The molecule has 0 radical (unpaired) electrons. The Labute approximate surface area is 138 Å². The molecule has 0 saturated carbocycles. The topological polar surface area (TPSA) is 63.1 Å². The van der Waals surface area contributed by atoms with Gasteiger partial charge in [-0.2, -0.15) is 0 Å². The number of hydrogen-bond acceptors (Lipinski definition) is 2. The van der Waals surface area contributed by atoms with Crippen molar-refractivity contribution >= 4 is 22.7 Å². The van der Waals surface area contributed by atoms with Gasteiger partial charge in [-0.1, -0.05) is 30.3 Å². The lowest BCUT2D eigenvalue weighted by molar-refractivity contribution is -0.122. The van der Waals surface area contributed by atoms with Crippen molar-refractivity contribution in [1.82, 2.24) is 15.4 Å². The molecule has 1 aromatic heterocycles. The van der Waals surface area contributed by atoms with E-state index in [1.54, 1.807) is 6.07 Å². The fourth-order valence-corrected chi connectivity index (χ4v) is 2.46. The molecule has 3 rings (SSSR count). The quantitative estimate of drug-likeness (QED) is 0.724. The maximum atomic E-state index is 13.5. The Morgan fingerprint density at radius 1 is 0.958 bits per heavy atom. The summed E-state index contributed by atoms with van der Waals surface area (Å²) in [6.45, 7) is 0.481. The van der Waals surface area contributed by atoms with Crippen molar-refractivity contribution in [3.8, 4) is 0 Å². The van der Waals surface area contributed by atoms with Gasteiger partial charge in [0.25, 0.3) is 5.91 Å². The lowest BCUT2D eigenvalue weighted by Crippen LogP contribution is -2.42. The van der Waals surface area contributed by atoms with E-state index in [1.807, 2.05) is 41.1 Å². The van der Waals surface area contributed by atoms with Crippen molar-refractivity contribution < 1.29 is 14.0 Å². The first-order valence-corrected chi connectivity index (χ1v) is 7.53. The number of nitrogens with zero attached hydrogens (tertiary/aromatic N) is 1. The zero-order chi connectivity index (χ0) is 16.9. The van der Waals surface area contributed by atoms with Gasteiger partial charge in [0.15, 0.2) is 0 Å². The lowest BCUT2D eigenvalue weighted by Gasteiger charge is -2.09. The molecule has 122 valence electrons. The number of hydrogen-bond donors (Lipinski definition) is 2. The molecule has 0 unspecified atom stereocenters. The van der Waals surface area contributed by atoms with Crippen LogP contribution in [0.15, 0.2) is 60.8 Å². The van der Waals surface area contributed by atoms with E-state index in [0.717, 1.165) is 10.9 Å². The van der Waals surface area contributed by atoms with Crippen molar-refractivity contribution in [2.45, 2.75) is 13.0 Å². The van der Waals surface area contributed by atoms with Gasteiger partial charge in [0.2, 0.25) is 5.91 Å². The number of carbonyl (C=O) groups excluding carboxylic acids is 2. The third-order valence-electron chi connectivity index (χ3n) is 3.69. The highest BCUT2D eigenvalue weighted by Crippen LogP contribution is 2.15. The predicted molar refractivity (Wildman–Crippen MR) is 88.6 cm³/mol. The summed E-state index contributed by atoms with van der Waals surface area (Å²) in [4.78, 5) is 23.7. The molecule has 24 heavy (non-hydrogen) atoms. The Kier molecular flexibility index (Phi) is 4.56. The van der Waals surface area contributed by atoms with Gasteiger partial charge in [-0.15, -0.1) is 0 Å². The molecule has 0 aliphatic heterocycles. The molecule has 0 saturated heterocycles. The van der Waals surface area contributed by atoms with Crippen LogP contribution >= 0.6 is 0 Å². The van der Waals surface area contributed by atoms with Crippen LogP contribution < -0.4 is 10.9 Å². The van der Waals surface area contributed by atoms with Crippen LogP contribution in [0.4, 0.5) is 4.39 Å². The number of para-hydroxylation sites is 1. The van der Waals surface area contributed by atoms with Crippen molar-refractivity contribution in [2.75, 3.05) is 0 Å². The van der Waals surface area contributed by atoms with E-state index >= 15 is 0 Å². The Morgan fingerprint density at radius 3 is 2.54 bits per heavy atom. The number of nitrogens with one attached hydrogen (secondary N) is 2. The minimum absolute atomic E-state index is 0.116. The molecular weight excluding hydrogens is 309 g/mol. The van der Waals surface area contributed by atoms with Gasteiger partial charge in [0, 0.05) is 24.7 Å². The van der Waals surface area contributed by atoms with Crippen LogP contribution in [0.2, 0.25) is 0 Å². The van der Waals surface area contributed by atoms with E-state index in [4.69, 9.17) is 0 Å². The number of hydrazine groups is 1. The average Bonchev–Trinajstić information content (AvgIpc) is 3.01. The Balaban J connectivity index is 1.53. The third kappa shape index (κ3) is 3.43. The molecule has 5 nitrogen and oxygen atoms in total. The minimum Gasteiger partial charge on any atom is -0.347 e. The summed E-state index contributed by atoms with van der Waals surface area (Å²) in [5.74, 6) is -1.67. The van der Waals surface area contributed by atoms with Crippen molar-refractivity contribution in [3.63, 3.8) is 0 Å². The first-order chi connectivity index (χ1) is 11.6. The molecule has 2 N–H and O–H groups in total. The van der Waals surface area contributed by atoms with Crippen LogP contribution in [0.1, 0.15) is 16.8 Å². The highest BCUT2D eigenvalue weighted by molar-refractivity contribution is 5.95. The number of halogens is 1. The molecule has 3 aromatic rings. The number of fused-ring (bicyclic) bond motifs is 1. The van der Waals surface area contributed by atoms with E-state index in [0.29, 0.717) is 6.54 Å². The SMILES string of the molecule is O=C(CCn1ccc2ccccc21)NNC(=O)c1ccccc1F. The van der Waals surface area contributed by atoms with Crippen LogP contribution in [0.25, 0.3) is 10.9 Å². The number of amides is 2. The van der Waals surface area contributed by atoms with Gasteiger partial charge in [0.05, 0.1) is 5.56 Å². The van der Waals surface area contributed by atoms with Crippen LogP contribution in [-0.2, 0) is 11.3 Å². The largest absolute Gasteiger partial charge is 0.347 e. The van der Waals surface area contributed by atoms with Crippen LogP contribution in [0.3, 0.4) is 0 Å². The molecule has 0 spiro atoms. The van der Waals surface area contributed by atoms with Gasteiger partial charge in [-0.05, 0) is 29.7 Å². The standard InChI is InChI=1S/C18H16FN3O2/c19-15-7-3-2-6-14(15)18(24)21-20-17(23)10-12-22-11-9-13-5-1-4-8-16(13)22/h1-9,11H,10,12H2,(H,20,23)(H,21,24). The molecule has 0 atom stereocenters. The maximum absolute atomic E-state index is 13.5. The molecule has 0 bridgehead atoms. The number of carbonyl (C=O) groups is 2. The average molecular weight is 325 g/mol. The summed E-state index contributed by atoms with van der Waals surface area (Å²) in [6.07, 6.45) is 2.10. The summed E-state index contributed by atoms with van der Waals surface area (Å²) >= 11 is 0. The highest BCUT2D eigenvalue weighted by atomic mass is 19.1. The van der Waals surface area contributed by atoms with Gasteiger partial charge < -0.3 is 4.57 Å². The van der Waals surface area contributed by atoms with Gasteiger partial charge in [0.1, 0.15) is 5.82 Å². The smallest absolute Gasteiger partial charge is 0.272 e. The normalized spacial score (nSPS) is 10.5. The summed E-state index contributed by atoms with van der Waals surface area (Å²) in [6, 6.07) is 15.4. The zero-order valence-corrected chi connectivity index (χ0v) is 12.8.